The molecule has 1 aliphatic carbocycles. The van der Waals surface area contributed by atoms with E-state index in [9.17, 15) is 4.79 Å². The summed E-state index contributed by atoms with van der Waals surface area (Å²) in [5.41, 5.74) is 1.88. The molecule has 3 rings (SSSR count). The first-order valence-corrected chi connectivity index (χ1v) is 7.68. The van der Waals surface area contributed by atoms with Crippen molar-refractivity contribution < 1.29 is 9.53 Å². The lowest BCUT2D eigenvalue weighted by molar-refractivity contribution is 0.0626. The molecule has 0 bridgehead atoms. The summed E-state index contributed by atoms with van der Waals surface area (Å²) in [6, 6.07) is 8.35. The second-order valence-corrected chi connectivity index (χ2v) is 6.03. The van der Waals surface area contributed by atoms with Crippen LogP contribution >= 0.6 is 0 Å². The summed E-state index contributed by atoms with van der Waals surface area (Å²) in [4.78, 5) is 14.9. The Morgan fingerprint density at radius 3 is 2.85 bits per heavy atom. The average molecular weight is 273 g/mol. The molecular formula is C17H23NO2. The highest BCUT2D eigenvalue weighted by Gasteiger charge is 2.37. The average Bonchev–Trinajstić information content (AvgIpc) is 2.85. The van der Waals surface area contributed by atoms with Gasteiger partial charge in [-0.05, 0) is 49.3 Å². The zero-order valence-corrected chi connectivity index (χ0v) is 12.2. The van der Waals surface area contributed by atoms with E-state index >= 15 is 0 Å². The topological polar surface area (TPSA) is 29.5 Å². The number of carbonyl (C=O) groups excluding carboxylic acids is 1. The van der Waals surface area contributed by atoms with Crippen molar-refractivity contribution in [1.82, 2.24) is 4.90 Å². The number of hydrogen-bond acceptors (Lipinski definition) is 2. The molecule has 1 saturated carbocycles. The number of nitrogens with zero attached hydrogens (tertiary/aromatic N) is 1. The number of ether oxygens (including phenoxy) is 1. The van der Waals surface area contributed by atoms with Gasteiger partial charge in [-0.1, -0.05) is 18.6 Å². The number of carbonyl (C=O) groups is 1. The lowest BCUT2D eigenvalue weighted by atomic mass is 9.78. The van der Waals surface area contributed by atoms with Gasteiger partial charge in [-0.3, -0.25) is 4.79 Å². The van der Waals surface area contributed by atoms with Crippen molar-refractivity contribution in [1.29, 1.82) is 0 Å². The number of methoxy groups -OCH3 is 1. The van der Waals surface area contributed by atoms with Crippen LogP contribution in [0.25, 0.3) is 0 Å². The minimum atomic E-state index is 0.206. The van der Waals surface area contributed by atoms with E-state index in [1.165, 1.54) is 25.7 Å². The van der Waals surface area contributed by atoms with Crippen LogP contribution in [0.4, 0.5) is 0 Å². The Balaban J connectivity index is 1.75. The van der Waals surface area contributed by atoms with Crippen molar-refractivity contribution in [3.05, 3.63) is 35.4 Å². The van der Waals surface area contributed by atoms with Crippen LogP contribution in [-0.2, 0) is 11.3 Å². The summed E-state index contributed by atoms with van der Waals surface area (Å²) in [7, 11) is 1.68. The Morgan fingerprint density at radius 2 is 2.15 bits per heavy atom. The Morgan fingerprint density at radius 1 is 1.30 bits per heavy atom. The van der Waals surface area contributed by atoms with E-state index in [0.29, 0.717) is 12.6 Å². The molecule has 0 unspecified atom stereocenters. The maximum absolute atomic E-state index is 12.7. The van der Waals surface area contributed by atoms with E-state index in [1.807, 2.05) is 24.3 Å². The normalized spacial score (nSPS) is 22.9. The summed E-state index contributed by atoms with van der Waals surface area (Å²) in [5, 5.41) is 0. The van der Waals surface area contributed by atoms with E-state index in [1.54, 1.807) is 7.11 Å². The van der Waals surface area contributed by atoms with Crippen molar-refractivity contribution in [2.45, 2.75) is 44.8 Å². The van der Waals surface area contributed by atoms with Gasteiger partial charge in [-0.2, -0.15) is 0 Å². The van der Waals surface area contributed by atoms with Gasteiger partial charge in [0.05, 0.1) is 6.61 Å². The molecule has 1 atom stereocenters. The molecule has 2 aliphatic rings. The Hall–Kier alpha value is -1.35. The zero-order chi connectivity index (χ0) is 13.9. The molecule has 108 valence electrons. The first-order valence-electron chi connectivity index (χ1n) is 7.68. The highest BCUT2D eigenvalue weighted by molar-refractivity contribution is 5.94. The number of amides is 1. The fraction of sp³-hybridized carbons (Fsp3) is 0.588. The van der Waals surface area contributed by atoms with Gasteiger partial charge in [0.25, 0.3) is 5.91 Å². The van der Waals surface area contributed by atoms with E-state index in [0.717, 1.165) is 30.0 Å². The second kappa shape index (κ2) is 5.96. The van der Waals surface area contributed by atoms with E-state index in [4.69, 9.17) is 4.74 Å². The number of rotatable bonds is 4. The third kappa shape index (κ3) is 2.59. The largest absolute Gasteiger partial charge is 0.380 e. The Labute approximate surface area is 120 Å². The maximum atomic E-state index is 12.7. The summed E-state index contributed by atoms with van der Waals surface area (Å²) < 4.78 is 5.15. The molecule has 1 amide bonds. The monoisotopic (exact) mass is 273 g/mol. The van der Waals surface area contributed by atoms with Gasteiger partial charge < -0.3 is 9.64 Å². The van der Waals surface area contributed by atoms with Gasteiger partial charge in [0.1, 0.15) is 0 Å². The van der Waals surface area contributed by atoms with Crippen LogP contribution in [0, 0.1) is 5.92 Å². The lowest BCUT2D eigenvalue weighted by Crippen LogP contribution is -2.42. The predicted molar refractivity (Wildman–Crippen MR) is 78.6 cm³/mol. The molecule has 1 aromatic rings. The summed E-state index contributed by atoms with van der Waals surface area (Å²) >= 11 is 0. The fourth-order valence-electron chi connectivity index (χ4n) is 3.49. The van der Waals surface area contributed by atoms with Crippen LogP contribution in [0.2, 0.25) is 0 Å². The van der Waals surface area contributed by atoms with Gasteiger partial charge in [0, 0.05) is 25.3 Å². The molecule has 3 heteroatoms. The third-order valence-corrected chi connectivity index (χ3v) is 4.74. The van der Waals surface area contributed by atoms with Crippen molar-refractivity contribution >= 4 is 5.91 Å². The predicted octanol–water partition coefficient (Wildman–Crippen LogP) is 3.24. The smallest absolute Gasteiger partial charge is 0.254 e. The summed E-state index contributed by atoms with van der Waals surface area (Å²) in [5.74, 6) is 0.959. The second-order valence-electron chi connectivity index (χ2n) is 6.03. The summed E-state index contributed by atoms with van der Waals surface area (Å²) in [6.45, 7) is 1.49. The van der Waals surface area contributed by atoms with E-state index in [-0.39, 0.29) is 5.91 Å². The Bertz CT molecular complexity index is 482. The standard InChI is InChI=1S/C17H23NO2/c1-20-12-13-5-2-8-15(11-13)17(19)18-10-4-9-16(18)14-6-3-7-14/h2,5,8,11,14,16H,3-4,6-7,9-10,12H2,1H3/t16-/m0/s1. The first-order chi connectivity index (χ1) is 9.79. The quantitative estimate of drug-likeness (QED) is 0.843. The minimum absolute atomic E-state index is 0.206. The van der Waals surface area contributed by atoms with Crippen LogP contribution < -0.4 is 0 Å². The van der Waals surface area contributed by atoms with E-state index < -0.39 is 0 Å². The number of hydrogen-bond donors (Lipinski definition) is 0. The molecule has 1 saturated heterocycles. The van der Waals surface area contributed by atoms with Crippen LogP contribution in [0.5, 0.6) is 0 Å². The number of likely N-dealkylation sites (tertiary alicyclic amines) is 1. The van der Waals surface area contributed by atoms with Gasteiger partial charge in [-0.15, -0.1) is 0 Å². The van der Waals surface area contributed by atoms with Crippen molar-refractivity contribution in [2.75, 3.05) is 13.7 Å². The molecule has 3 nitrogen and oxygen atoms in total. The molecular weight excluding hydrogens is 250 g/mol. The highest BCUT2D eigenvalue weighted by atomic mass is 16.5. The van der Waals surface area contributed by atoms with Gasteiger partial charge >= 0.3 is 0 Å². The van der Waals surface area contributed by atoms with E-state index in [2.05, 4.69) is 4.90 Å². The fourth-order valence-corrected chi connectivity index (χ4v) is 3.49. The zero-order valence-electron chi connectivity index (χ0n) is 12.2. The molecule has 0 N–H and O–H groups in total. The number of benzene rings is 1. The molecule has 2 fully saturated rings. The van der Waals surface area contributed by atoms with Crippen molar-refractivity contribution in [3.63, 3.8) is 0 Å². The van der Waals surface area contributed by atoms with Gasteiger partial charge in [-0.25, -0.2) is 0 Å². The first kappa shape index (κ1) is 13.6. The molecule has 0 aromatic heterocycles. The van der Waals surface area contributed by atoms with Crippen molar-refractivity contribution in [2.24, 2.45) is 5.92 Å². The van der Waals surface area contributed by atoms with Crippen LogP contribution in [0.1, 0.15) is 48.0 Å². The van der Waals surface area contributed by atoms with Crippen molar-refractivity contribution in [3.8, 4) is 0 Å². The molecule has 1 aromatic carbocycles. The molecule has 1 aliphatic heterocycles. The lowest BCUT2D eigenvalue weighted by Gasteiger charge is -2.37. The minimum Gasteiger partial charge on any atom is -0.380 e. The molecule has 0 spiro atoms. The van der Waals surface area contributed by atoms with Crippen LogP contribution in [-0.4, -0.2) is 30.5 Å². The summed E-state index contributed by atoms with van der Waals surface area (Å²) in [6.07, 6.45) is 6.29. The van der Waals surface area contributed by atoms with Gasteiger partial charge in [0.15, 0.2) is 0 Å². The third-order valence-electron chi connectivity index (χ3n) is 4.74. The highest BCUT2D eigenvalue weighted by Crippen LogP contribution is 2.37. The SMILES string of the molecule is COCc1cccc(C(=O)N2CCC[C@H]2C2CCC2)c1. The van der Waals surface area contributed by atoms with Crippen LogP contribution in [0.15, 0.2) is 24.3 Å². The molecule has 20 heavy (non-hydrogen) atoms. The Kier molecular flexibility index (Phi) is 4.06. The molecule has 1 heterocycles. The van der Waals surface area contributed by atoms with Gasteiger partial charge in [0.2, 0.25) is 0 Å². The molecule has 0 radical (unpaired) electrons. The van der Waals surface area contributed by atoms with Crippen LogP contribution in [0.3, 0.4) is 0 Å². The maximum Gasteiger partial charge on any atom is 0.254 e.